The van der Waals surface area contributed by atoms with Crippen LogP contribution in [-0.4, -0.2) is 27.5 Å². The van der Waals surface area contributed by atoms with E-state index >= 15 is 0 Å². The molecule has 0 radical (unpaired) electrons. The van der Waals surface area contributed by atoms with E-state index in [9.17, 15) is 4.79 Å². The first kappa shape index (κ1) is 19.3. The number of amides is 1. The van der Waals surface area contributed by atoms with Gasteiger partial charge in [-0.2, -0.15) is 5.10 Å². The summed E-state index contributed by atoms with van der Waals surface area (Å²) >= 11 is 0. The van der Waals surface area contributed by atoms with E-state index in [-0.39, 0.29) is 11.9 Å². The average molecular weight is 401 g/mol. The Morgan fingerprint density at radius 2 is 1.87 bits per heavy atom. The number of anilines is 1. The molecule has 0 unspecified atom stereocenters. The maximum atomic E-state index is 12.7. The molecule has 0 aliphatic rings. The number of nitrogens with zero attached hydrogens (tertiary/aromatic N) is 2. The van der Waals surface area contributed by atoms with Crippen LogP contribution in [0, 0.1) is 0 Å². The molecule has 0 saturated heterocycles. The smallest absolute Gasteiger partial charge is 0.272 e. The molecule has 0 spiro atoms. The van der Waals surface area contributed by atoms with Crippen molar-refractivity contribution in [1.29, 1.82) is 0 Å². The molecule has 8 nitrogen and oxygen atoms in total. The Morgan fingerprint density at radius 1 is 1.00 bits per heavy atom. The van der Waals surface area contributed by atoms with Crippen molar-refractivity contribution >= 4 is 45.1 Å². The third kappa shape index (κ3) is 4.02. The van der Waals surface area contributed by atoms with Crippen molar-refractivity contribution in [3.05, 3.63) is 66.0 Å². The highest BCUT2D eigenvalue weighted by atomic mass is 16.1. The van der Waals surface area contributed by atoms with Crippen molar-refractivity contribution in [1.82, 2.24) is 9.97 Å². The van der Waals surface area contributed by atoms with Crippen LogP contribution in [0.1, 0.15) is 35.8 Å². The summed E-state index contributed by atoms with van der Waals surface area (Å²) < 4.78 is 0. The standard InChI is InChI=1S/C22H23N7O/c1-2-3-18(28-29-22(23)24)14-5-7-17-15(10-14)11-20(27-17)21(30)26-16-6-4-13-8-9-25-19(13)12-16/h4-12,25,27H,2-3H2,1H3,(H,26,30)(H4,23,24,29). The molecule has 0 aliphatic heterocycles. The second-order valence-electron chi connectivity index (χ2n) is 7.04. The van der Waals surface area contributed by atoms with Gasteiger partial charge in [0.15, 0.2) is 0 Å². The van der Waals surface area contributed by atoms with Crippen molar-refractivity contribution in [3.8, 4) is 0 Å². The molecule has 0 saturated carbocycles. The third-order valence-corrected chi connectivity index (χ3v) is 4.78. The molecule has 30 heavy (non-hydrogen) atoms. The number of rotatable bonds is 6. The van der Waals surface area contributed by atoms with E-state index in [2.05, 4.69) is 32.4 Å². The van der Waals surface area contributed by atoms with Crippen molar-refractivity contribution in [2.45, 2.75) is 19.8 Å². The van der Waals surface area contributed by atoms with E-state index < -0.39 is 0 Å². The van der Waals surface area contributed by atoms with Crippen LogP contribution in [0.5, 0.6) is 0 Å². The fraction of sp³-hybridized carbons (Fsp3) is 0.136. The van der Waals surface area contributed by atoms with Gasteiger partial charge >= 0.3 is 0 Å². The van der Waals surface area contributed by atoms with Crippen LogP contribution >= 0.6 is 0 Å². The minimum Gasteiger partial charge on any atom is -0.369 e. The molecule has 4 aromatic rings. The SMILES string of the molecule is CCCC(=NN=C(N)N)c1ccc2[nH]c(C(=O)Nc3ccc4cc[nH]c4c3)cc2c1. The number of carbonyl (C=O) groups is 1. The summed E-state index contributed by atoms with van der Waals surface area (Å²) in [5, 5.41) is 12.9. The molecule has 0 atom stereocenters. The summed E-state index contributed by atoms with van der Waals surface area (Å²) in [6.07, 6.45) is 3.51. The van der Waals surface area contributed by atoms with E-state index in [1.807, 2.05) is 54.7 Å². The van der Waals surface area contributed by atoms with E-state index in [1.165, 1.54) is 0 Å². The molecule has 8 heteroatoms. The second kappa shape index (κ2) is 8.12. The van der Waals surface area contributed by atoms with Crippen molar-refractivity contribution in [2.24, 2.45) is 21.7 Å². The van der Waals surface area contributed by atoms with E-state index in [0.717, 1.165) is 51.6 Å². The number of fused-ring (bicyclic) bond motifs is 2. The van der Waals surface area contributed by atoms with E-state index in [1.54, 1.807) is 0 Å². The molecular weight excluding hydrogens is 378 g/mol. The molecule has 0 bridgehead atoms. The quantitative estimate of drug-likeness (QED) is 0.191. The predicted molar refractivity (Wildman–Crippen MR) is 122 cm³/mol. The molecule has 7 N–H and O–H groups in total. The molecule has 1 amide bonds. The Kier molecular flexibility index (Phi) is 5.21. The Labute approximate surface area is 173 Å². The molecule has 0 aliphatic carbocycles. The molecule has 0 fully saturated rings. The van der Waals surface area contributed by atoms with Crippen LogP contribution in [0.15, 0.2) is 64.9 Å². The van der Waals surface area contributed by atoms with Gasteiger partial charge in [-0.15, -0.1) is 5.10 Å². The van der Waals surface area contributed by atoms with Gasteiger partial charge in [0.1, 0.15) is 5.69 Å². The van der Waals surface area contributed by atoms with Crippen LogP contribution in [0.25, 0.3) is 21.8 Å². The number of nitrogens with one attached hydrogen (secondary N) is 3. The Bertz CT molecular complexity index is 1280. The number of H-pyrrole nitrogens is 2. The van der Waals surface area contributed by atoms with Crippen LogP contribution < -0.4 is 16.8 Å². The number of hydrogen-bond acceptors (Lipinski definition) is 3. The molecule has 152 valence electrons. The lowest BCUT2D eigenvalue weighted by Crippen LogP contribution is -2.22. The largest absolute Gasteiger partial charge is 0.369 e. The highest BCUT2D eigenvalue weighted by Crippen LogP contribution is 2.21. The summed E-state index contributed by atoms with van der Waals surface area (Å²) in [6.45, 7) is 2.06. The van der Waals surface area contributed by atoms with Gasteiger partial charge in [-0.05, 0) is 53.8 Å². The predicted octanol–water partition coefficient (Wildman–Crippen LogP) is 3.68. The van der Waals surface area contributed by atoms with Crippen LogP contribution in [0.4, 0.5) is 5.69 Å². The monoisotopic (exact) mass is 401 g/mol. The van der Waals surface area contributed by atoms with Gasteiger partial charge in [0, 0.05) is 28.3 Å². The minimum absolute atomic E-state index is 0.0807. The zero-order chi connectivity index (χ0) is 21.1. The Hall–Kier alpha value is -4.07. The highest BCUT2D eigenvalue weighted by Gasteiger charge is 2.12. The topological polar surface area (TPSA) is 137 Å². The normalized spacial score (nSPS) is 11.7. The maximum absolute atomic E-state index is 12.7. The van der Waals surface area contributed by atoms with Gasteiger partial charge in [0.25, 0.3) is 5.91 Å². The summed E-state index contributed by atoms with van der Waals surface area (Å²) in [5.41, 5.74) is 15.5. The lowest BCUT2D eigenvalue weighted by atomic mass is 10.0. The van der Waals surface area contributed by atoms with Gasteiger partial charge in [0.05, 0.1) is 5.71 Å². The molecule has 2 aromatic carbocycles. The first-order valence-electron chi connectivity index (χ1n) is 9.70. The Morgan fingerprint density at radius 3 is 2.67 bits per heavy atom. The second-order valence-corrected chi connectivity index (χ2v) is 7.04. The van der Waals surface area contributed by atoms with Gasteiger partial charge in [-0.3, -0.25) is 4.79 Å². The number of hydrogen-bond donors (Lipinski definition) is 5. The lowest BCUT2D eigenvalue weighted by Gasteiger charge is -2.04. The fourth-order valence-electron chi connectivity index (χ4n) is 3.37. The molecule has 4 rings (SSSR count). The summed E-state index contributed by atoms with van der Waals surface area (Å²) in [6, 6.07) is 15.4. The zero-order valence-corrected chi connectivity index (χ0v) is 16.6. The summed E-state index contributed by atoms with van der Waals surface area (Å²) in [4.78, 5) is 19.0. The van der Waals surface area contributed by atoms with Crippen molar-refractivity contribution in [2.75, 3.05) is 5.32 Å². The highest BCUT2D eigenvalue weighted by molar-refractivity contribution is 6.08. The first-order valence-corrected chi connectivity index (χ1v) is 9.70. The van der Waals surface area contributed by atoms with Crippen molar-refractivity contribution < 1.29 is 4.79 Å². The zero-order valence-electron chi connectivity index (χ0n) is 16.6. The van der Waals surface area contributed by atoms with Crippen LogP contribution in [0.3, 0.4) is 0 Å². The lowest BCUT2D eigenvalue weighted by molar-refractivity contribution is 0.102. The van der Waals surface area contributed by atoms with E-state index in [0.29, 0.717) is 5.69 Å². The molecular formula is C22H23N7O. The fourth-order valence-corrected chi connectivity index (χ4v) is 3.37. The molecule has 2 heterocycles. The number of aromatic amines is 2. The maximum Gasteiger partial charge on any atom is 0.272 e. The van der Waals surface area contributed by atoms with Gasteiger partial charge in [-0.25, -0.2) is 0 Å². The van der Waals surface area contributed by atoms with Crippen LogP contribution in [0.2, 0.25) is 0 Å². The third-order valence-electron chi connectivity index (χ3n) is 4.78. The Balaban J connectivity index is 1.60. The summed E-state index contributed by atoms with van der Waals surface area (Å²) in [5.74, 6) is -0.288. The number of aromatic nitrogens is 2. The summed E-state index contributed by atoms with van der Waals surface area (Å²) in [7, 11) is 0. The van der Waals surface area contributed by atoms with Gasteiger partial charge in [0.2, 0.25) is 5.96 Å². The van der Waals surface area contributed by atoms with E-state index in [4.69, 9.17) is 11.5 Å². The number of carbonyl (C=O) groups excluding carboxylic acids is 1. The van der Waals surface area contributed by atoms with Gasteiger partial charge in [-0.1, -0.05) is 25.5 Å². The number of benzene rings is 2. The number of nitrogens with two attached hydrogens (primary N) is 2. The number of guanidine groups is 1. The van der Waals surface area contributed by atoms with Crippen molar-refractivity contribution in [3.63, 3.8) is 0 Å². The average Bonchev–Trinajstić information content (AvgIpc) is 3.36. The molecule has 2 aromatic heterocycles. The minimum atomic E-state index is -0.207. The van der Waals surface area contributed by atoms with Gasteiger partial charge < -0.3 is 26.8 Å². The first-order chi connectivity index (χ1) is 14.5. The van der Waals surface area contributed by atoms with Crippen LogP contribution in [-0.2, 0) is 0 Å².